The van der Waals surface area contributed by atoms with Crippen LogP contribution in [0.2, 0.25) is 0 Å². The van der Waals surface area contributed by atoms with E-state index in [1.807, 2.05) is 6.07 Å². The first-order valence-corrected chi connectivity index (χ1v) is 10.1. The van der Waals surface area contributed by atoms with Crippen LogP contribution in [0.1, 0.15) is 17.6 Å². The smallest absolute Gasteiger partial charge is 0.179 e. The predicted octanol–water partition coefficient (Wildman–Crippen LogP) is 3.41. The molecule has 0 aliphatic carbocycles. The molecular weight excluding hydrogens is 310 g/mol. The fourth-order valence-corrected chi connectivity index (χ4v) is 5.18. The van der Waals surface area contributed by atoms with Gasteiger partial charge in [0.1, 0.15) is 0 Å². The fourth-order valence-electron chi connectivity index (χ4n) is 1.67. The van der Waals surface area contributed by atoms with E-state index in [2.05, 4.69) is 17.3 Å². The third-order valence-corrected chi connectivity index (χ3v) is 6.78. The monoisotopic (exact) mass is 327 g/mol. The maximum atomic E-state index is 12.1. The van der Waals surface area contributed by atoms with Crippen LogP contribution in [0.3, 0.4) is 0 Å². The van der Waals surface area contributed by atoms with Gasteiger partial charge in [-0.15, -0.1) is 11.3 Å². The number of benzene rings is 1. The van der Waals surface area contributed by atoms with Crippen LogP contribution in [0, 0.1) is 0 Å². The van der Waals surface area contributed by atoms with Crippen LogP contribution in [0.5, 0.6) is 0 Å². The van der Waals surface area contributed by atoms with Crippen molar-refractivity contribution < 1.29 is 8.42 Å². The van der Waals surface area contributed by atoms with E-state index >= 15 is 0 Å². The van der Waals surface area contributed by atoms with Gasteiger partial charge in [-0.25, -0.2) is 13.4 Å². The highest BCUT2D eigenvalue weighted by molar-refractivity contribution is 8.00. The summed E-state index contributed by atoms with van der Waals surface area (Å²) in [5.74, 6) is 1.55. The van der Waals surface area contributed by atoms with E-state index in [0.29, 0.717) is 10.6 Å². The number of aromatic nitrogens is 1. The van der Waals surface area contributed by atoms with Crippen molar-refractivity contribution in [2.45, 2.75) is 24.0 Å². The van der Waals surface area contributed by atoms with Crippen LogP contribution < -0.4 is 0 Å². The second-order valence-corrected chi connectivity index (χ2v) is 8.43. The van der Waals surface area contributed by atoms with E-state index in [1.54, 1.807) is 47.4 Å². The Labute approximate surface area is 128 Å². The Morgan fingerprint density at radius 2 is 2.00 bits per heavy atom. The highest BCUT2D eigenvalue weighted by atomic mass is 32.2. The zero-order valence-corrected chi connectivity index (χ0v) is 13.7. The third-order valence-electron chi connectivity index (χ3n) is 2.75. The molecule has 6 heteroatoms. The first kappa shape index (κ1) is 15.5. The molecule has 1 heterocycles. The van der Waals surface area contributed by atoms with Crippen LogP contribution in [-0.2, 0) is 22.0 Å². The van der Waals surface area contributed by atoms with Crippen molar-refractivity contribution >= 4 is 32.9 Å². The molecular formula is C14H17NO2S3. The van der Waals surface area contributed by atoms with Gasteiger partial charge >= 0.3 is 0 Å². The second-order valence-electron chi connectivity index (χ2n) is 4.27. The van der Waals surface area contributed by atoms with Gasteiger partial charge in [-0.1, -0.05) is 25.1 Å². The SMILES string of the molecule is CCc1nc(CSCCS(=O)(=O)c2ccccc2)cs1. The summed E-state index contributed by atoms with van der Waals surface area (Å²) in [5.41, 5.74) is 1.05. The Morgan fingerprint density at radius 1 is 1.25 bits per heavy atom. The molecule has 0 N–H and O–H groups in total. The number of hydrogen-bond acceptors (Lipinski definition) is 5. The number of aryl methyl sites for hydroxylation is 1. The summed E-state index contributed by atoms with van der Waals surface area (Å²) in [6.07, 6.45) is 0.956. The molecule has 0 aliphatic rings. The molecule has 1 aromatic heterocycles. The Hall–Kier alpha value is -0.850. The lowest BCUT2D eigenvalue weighted by molar-refractivity contribution is 0.597. The molecule has 0 bridgehead atoms. The number of rotatable bonds is 7. The first-order chi connectivity index (χ1) is 9.62. The molecule has 0 aliphatic heterocycles. The number of hydrogen-bond donors (Lipinski definition) is 0. The third kappa shape index (κ3) is 4.33. The summed E-state index contributed by atoms with van der Waals surface area (Å²) in [6.45, 7) is 2.09. The lowest BCUT2D eigenvalue weighted by Crippen LogP contribution is -2.08. The first-order valence-electron chi connectivity index (χ1n) is 6.40. The van der Waals surface area contributed by atoms with Crippen molar-refractivity contribution in [3.8, 4) is 0 Å². The van der Waals surface area contributed by atoms with Gasteiger partial charge in [0.15, 0.2) is 9.84 Å². The van der Waals surface area contributed by atoms with Crippen molar-refractivity contribution in [2.75, 3.05) is 11.5 Å². The normalized spacial score (nSPS) is 11.7. The molecule has 2 rings (SSSR count). The molecule has 0 radical (unpaired) electrons. The molecule has 0 fully saturated rings. The summed E-state index contributed by atoms with van der Waals surface area (Å²) >= 11 is 3.28. The van der Waals surface area contributed by atoms with Crippen molar-refractivity contribution in [1.82, 2.24) is 4.98 Å². The molecule has 0 amide bonds. The minimum absolute atomic E-state index is 0.173. The highest BCUT2D eigenvalue weighted by Crippen LogP contribution is 2.18. The quantitative estimate of drug-likeness (QED) is 0.731. The Kier molecular flexibility index (Phi) is 5.63. The van der Waals surface area contributed by atoms with Crippen LogP contribution in [0.25, 0.3) is 0 Å². The molecule has 3 nitrogen and oxygen atoms in total. The minimum Gasteiger partial charge on any atom is -0.245 e. The predicted molar refractivity (Wildman–Crippen MR) is 86.1 cm³/mol. The van der Waals surface area contributed by atoms with Gasteiger partial charge in [-0.3, -0.25) is 0 Å². The molecule has 108 valence electrons. The largest absolute Gasteiger partial charge is 0.245 e. The van der Waals surface area contributed by atoms with E-state index in [1.165, 1.54) is 0 Å². The molecule has 1 aromatic carbocycles. The lowest BCUT2D eigenvalue weighted by Gasteiger charge is -2.03. The zero-order chi connectivity index (χ0) is 14.4. The van der Waals surface area contributed by atoms with Crippen LogP contribution >= 0.6 is 23.1 Å². The fraction of sp³-hybridized carbons (Fsp3) is 0.357. The Bertz CT molecular complexity index is 635. The van der Waals surface area contributed by atoms with Gasteiger partial charge in [-0.2, -0.15) is 11.8 Å². The molecule has 0 spiro atoms. The van der Waals surface area contributed by atoms with Gasteiger partial charge in [0.2, 0.25) is 0 Å². The summed E-state index contributed by atoms with van der Waals surface area (Å²) in [7, 11) is -3.15. The van der Waals surface area contributed by atoms with E-state index in [4.69, 9.17) is 0 Å². The van der Waals surface area contributed by atoms with Crippen molar-refractivity contribution in [1.29, 1.82) is 0 Å². The Morgan fingerprint density at radius 3 is 2.65 bits per heavy atom. The average molecular weight is 327 g/mol. The molecule has 0 saturated heterocycles. The van der Waals surface area contributed by atoms with Gasteiger partial charge in [0.25, 0.3) is 0 Å². The number of thioether (sulfide) groups is 1. The van der Waals surface area contributed by atoms with E-state index in [-0.39, 0.29) is 5.75 Å². The van der Waals surface area contributed by atoms with E-state index < -0.39 is 9.84 Å². The molecule has 2 aromatic rings. The summed E-state index contributed by atoms with van der Waals surface area (Å²) in [4.78, 5) is 4.87. The van der Waals surface area contributed by atoms with Gasteiger partial charge in [0, 0.05) is 16.9 Å². The average Bonchev–Trinajstić information content (AvgIpc) is 2.93. The second kappa shape index (κ2) is 7.24. The van der Waals surface area contributed by atoms with Gasteiger partial charge in [-0.05, 0) is 18.6 Å². The summed E-state index contributed by atoms with van der Waals surface area (Å²) in [6, 6.07) is 8.62. The van der Waals surface area contributed by atoms with Crippen molar-refractivity contribution in [3.05, 3.63) is 46.4 Å². The maximum Gasteiger partial charge on any atom is 0.179 e. The molecule has 0 saturated carbocycles. The van der Waals surface area contributed by atoms with Crippen LogP contribution in [0.15, 0.2) is 40.6 Å². The topological polar surface area (TPSA) is 47.0 Å². The summed E-state index contributed by atoms with van der Waals surface area (Å²) < 4.78 is 24.1. The minimum atomic E-state index is -3.15. The zero-order valence-electron chi connectivity index (χ0n) is 11.3. The van der Waals surface area contributed by atoms with Gasteiger partial charge in [0.05, 0.1) is 21.3 Å². The van der Waals surface area contributed by atoms with E-state index in [0.717, 1.165) is 22.9 Å². The lowest BCUT2D eigenvalue weighted by atomic mass is 10.4. The number of thiazole rings is 1. The molecule has 20 heavy (non-hydrogen) atoms. The van der Waals surface area contributed by atoms with Crippen molar-refractivity contribution in [3.63, 3.8) is 0 Å². The standard InChI is InChI=1S/C14H17NO2S3/c1-2-14-15-12(11-19-14)10-18-8-9-20(16,17)13-6-4-3-5-7-13/h3-7,11H,2,8-10H2,1H3. The van der Waals surface area contributed by atoms with Gasteiger partial charge < -0.3 is 0 Å². The maximum absolute atomic E-state index is 12.1. The van der Waals surface area contributed by atoms with Crippen LogP contribution in [-0.4, -0.2) is 24.9 Å². The van der Waals surface area contributed by atoms with Crippen LogP contribution in [0.4, 0.5) is 0 Å². The summed E-state index contributed by atoms with van der Waals surface area (Å²) in [5, 5.41) is 3.19. The van der Waals surface area contributed by atoms with Crippen molar-refractivity contribution in [2.24, 2.45) is 0 Å². The van der Waals surface area contributed by atoms with E-state index in [9.17, 15) is 8.42 Å². The molecule has 0 atom stereocenters. The number of sulfone groups is 1. The highest BCUT2D eigenvalue weighted by Gasteiger charge is 2.13. The Balaban J connectivity index is 1.81. The number of nitrogens with zero attached hydrogens (tertiary/aromatic N) is 1. The molecule has 0 unspecified atom stereocenters.